The minimum atomic E-state index is -0.456. The van der Waals surface area contributed by atoms with Crippen LogP contribution < -0.4 is 10.6 Å². The fraction of sp³-hybridized carbons (Fsp3) is 0.444. The van der Waals surface area contributed by atoms with E-state index in [-0.39, 0.29) is 5.91 Å². The lowest BCUT2D eigenvalue weighted by atomic mass is 9.84. The predicted molar refractivity (Wildman–Crippen MR) is 97.7 cm³/mol. The summed E-state index contributed by atoms with van der Waals surface area (Å²) in [6, 6.07) is 7.93. The van der Waals surface area contributed by atoms with Gasteiger partial charge in [0, 0.05) is 31.4 Å². The third-order valence-electron chi connectivity index (χ3n) is 5.04. The average Bonchev–Trinajstić information content (AvgIpc) is 3.01. The third-order valence-corrected chi connectivity index (χ3v) is 5.87. The van der Waals surface area contributed by atoms with Crippen LogP contribution in [0.2, 0.25) is 0 Å². The molecule has 2 aliphatic rings. The molecule has 2 aromatic rings. The minimum Gasteiger partial charge on any atom is -0.369 e. The average molecular weight is 342 g/mol. The van der Waals surface area contributed by atoms with Crippen LogP contribution in [0.15, 0.2) is 29.6 Å². The number of para-hydroxylation sites is 2. The molecule has 0 saturated carbocycles. The van der Waals surface area contributed by atoms with Crippen LogP contribution in [0, 0.1) is 6.92 Å². The zero-order valence-corrected chi connectivity index (χ0v) is 14.7. The molecule has 1 amide bonds. The number of likely N-dealkylation sites (tertiary alicyclic amines) is 1. The van der Waals surface area contributed by atoms with Gasteiger partial charge in [-0.3, -0.25) is 4.79 Å². The van der Waals surface area contributed by atoms with Crippen LogP contribution in [0.1, 0.15) is 23.5 Å². The van der Waals surface area contributed by atoms with Crippen LogP contribution >= 0.6 is 11.3 Å². The van der Waals surface area contributed by atoms with Gasteiger partial charge in [0.15, 0.2) is 0 Å². The summed E-state index contributed by atoms with van der Waals surface area (Å²) in [6.07, 6.45) is 2.66. The fourth-order valence-electron chi connectivity index (χ4n) is 3.56. The Labute approximate surface area is 146 Å². The molecule has 3 heterocycles. The number of aryl methyl sites for hydroxylation is 1. The second-order valence-electron chi connectivity index (χ2n) is 6.66. The first-order valence-electron chi connectivity index (χ1n) is 8.47. The Kier molecular flexibility index (Phi) is 4.02. The maximum Gasteiger partial charge on any atom is 0.250 e. The van der Waals surface area contributed by atoms with E-state index in [0.717, 1.165) is 55.3 Å². The maximum absolute atomic E-state index is 12.6. The van der Waals surface area contributed by atoms with Crippen LogP contribution in [0.5, 0.6) is 0 Å². The summed E-state index contributed by atoms with van der Waals surface area (Å²) >= 11 is 1.71. The zero-order valence-electron chi connectivity index (χ0n) is 13.8. The van der Waals surface area contributed by atoms with Gasteiger partial charge in [0.2, 0.25) is 5.91 Å². The van der Waals surface area contributed by atoms with E-state index in [1.165, 1.54) is 5.69 Å². The molecule has 24 heavy (non-hydrogen) atoms. The van der Waals surface area contributed by atoms with Crippen molar-refractivity contribution in [2.45, 2.75) is 31.7 Å². The van der Waals surface area contributed by atoms with Gasteiger partial charge in [0.05, 0.1) is 22.1 Å². The third kappa shape index (κ3) is 2.91. The highest BCUT2D eigenvalue weighted by atomic mass is 32.1. The van der Waals surface area contributed by atoms with Gasteiger partial charge in [-0.05, 0) is 31.9 Å². The van der Waals surface area contributed by atoms with E-state index in [9.17, 15) is 4.79 Å². The summed E-state index contributed by atoms with van der Waals surface area (Å²) in [5, 5.41) is 9.85. The Morgan fingerprint density at radius 3 is 2.71 bits per heavy atom. The summed E-state index contributed by atoms with van der Waals surface area (Å²) in [4.78, 5) is 19.6. The molecule has 0 aliphatic carbocycles. The molecule has 4 rings (SSSR count). The number of rotatable bonds is 3. The lowest BCUT2D eigenvalue weighted by Gasteiger charge is -2.44. The van der Waals surface area contributed by atoms with Crippen molar-refractivity contribution in [3.63, 3.8) is 0 Å². The van der Waals surface area contributed by atoms with E-state index in [1.807, 2.05) is 31.2 Å². The molecule has 1 saturated heterocycles. The number of benzene rings is 1. The molecule has 1 fully saturated rings. The molecule has 2 N–H and O–H groups in total. The first-order chi connectivity index (χ1) is 11.6. The zero-order chi connectivity index (χ0) is 16.6. The lowest BCUT2D eigenvalue weighted by Crippen LogP contribution is -2.58. The van der Waals surface area contributed by atoms with E-state index < -0.39 is 5.54 Å². The van der Waals surface area contributed by atoms with Gasteiger partial charge >= 0.3 is 0 Å². The number of nitrogens with one attached hydrogen (secondary N) is 2. The fourth-order valence-corrected chi connectivity index (χ4v) is 4.21. The largest absolute Gasteiger partial charge is 0.369 e. The van der Waals surface area contributed by atoms with E-state index >= 15 is 0 Å². The number of hydrogen-bond donors (Lipinski definition) is 2. The van der Waals surface area contributed by atoms with E-state index in [4.69, 9.17) is 0 Å². The smallest absolute Gasteiger partial charge is 0.250 e. The highest BCUT2D eigenvalue weighted by molar-refractivity contribution is 7.09. The number of carbonyl (C=O) groups is 1. The van der Waals surface area contributed by atoms with Gasteiger partial charge in [-0.1, -0.05) is 12.1 Å². The lowest BCUT2D eigenvalue weighted by molar-refractivity contribution is -0.122. The van der Waals surface area contributed by atoms with Crippen LogP contribution in [0.25, 0.3) is 0 Å². The summed E-state index contributed by atoms with van der Waals surface area (Å²) in [6.45, 7) is 4.93. The second-order valence-corrected chi connectivity index (χ2v) is 7.72. The molecular weight excluding hydrogens is 320 g/mol. The number of carbonyl (C=O) groups excluding carboxylic acids is 1. The molecule has 1 aromatic heterocycles. The molecule has 5 nitrogen and oxygen atoms in total. The molecule has 6 heteroatoms. The first kappa shape index (κ1) is 15.6. The van der Waals surface area contributed by atoms with Crippen molar-refractivity contribution in [3.8, 4) is 0 Å². The van der Waals surface area contributed by atoms with E-state index in [1.54, 1.807) is 11.3 Å². The number of hydrogen-bond acceptors (Lipinski definition) is 5. The number of fused-ring (bicyclic) bond motifs is 1. The van der Waals surface area contributed by atoms with Crippen molar-refractivity contribution >= 4 is 28.6 Å². The Hall–Kier alpha value is -1.92. The first-order valence-corrected chi connectivity index (χ1v) is 9.35. The SMILES string of the molecule is Cc1nc(CCN2CCC3(CC2)Nc2ccccc2NC3=O)cs1. The molecule has 0 atom stereocenters. The van der Waals surface area contributed by atoms with Gasteiger partial charge in [-0.25, -0.2) is 4.98 Å². The summed E-state index contributed by atoms with van der Waals surface area (Å²) in [7, 11) is 0. The summed E-state index contributed by atoms with van der Waals surface area (Å²) < 4.78 is 0. The van der Waals surface area contributed by atoms with Crippen LogP contribution in [0.3, 0.4) is 0 Å². The number of piperidine rings is 1. The molecule has 0 radical (unpaired) electrons. The maximum atomic E-state index is 12.6. The van der Waals surface area contributed by atoms with Gasteiger partial charge in [0.1, 0.15) is 5.54 Å². The Morgan fingerprint density at radius 2 is 2.00 bits per heavy atom. The molecule has 1 aromatic carbocycles. The molecule has 126 valence electrons. The van der Waals surface area contributed by atoms with Crippen molar-refractivity contribution in [2.75, 3.05) is 30.3 Å². The van der Waals surface area contributed by atoms with Crippen molar-refractivity contribution in [1.29, 1.82) is 0 Å². The van der Waals surface area contributed by atoms with Crippen molar-refractivity contribution in [3.05, 3.63) is 40.3 Å². The van der Waals surface area contributed by atoms with Crippen LogP contribution in [-0.4, -0.2) is 41.0 Å². The van der Waals surface area contributed by atoms with Gasteiger partial charge in [-0.2, -0.15) is 0 Å². The van der Waals surface area contributed by atoms with Gasteiger partial charge < -0.3 is 15.5 Å². The van der Waals surface area contributed by atoms with Crippen LogP contribution in [0.4, 0.5) is 11.4 Å². The normalized spacial score (nSPS) is 19.6. The van der Waals surface area contributed by atoms with Crippen LogP contribution in [-0.2, 0) is 11.2 Å². The van der Waals surface area contributed by atoms with Gasteiger partial charge in [0.25, 0.3) is 0 Å². The van der Waals surface area contributed by atoms with Crippen molar-refractivity contribution < 1.29 is 4.79 Å². The second kappa shape index (κ2) is 6.18. The predicted octanol–water partition coefficient (Wildman–Crippen LogP) is 2.89. The Morgan fingerprint density at radius 1 is 1.25 bits per heavy atom. The highest BCUT2D eigenvalue weighted by Crippen LogP contribution is 2.36. The molecule has 0 unspecified atom stereocenters. The standard InChI is InChI=1S/C18H22N4OS/c1-13-19-14(12-24-13)6-9-22-10-7-18(8-11-22)17(23)20-15-4-2-3-5-16(15)21-18/h2-5,12,21H,6-11H2,1H3,(H,20,23). The van der Waals surface area contributed by atoms with Gasteiger partial charge in [-0.15, -0.1) is 11.3 Å². The van der Waals surface area contributed by atoms with Crippen molar-refractivity contribution in [2.24, 2.45) is 0 Å². The molecule has 2 aliphatic heterocycles. The quantitative estimate of drug-likeness (QED) is 0.900. The number of nitrogens with zero attached hydrogens (tertiary/aromatic N) is 2. The van der Waals surface area contributed by atoms with E-state index in [0.29, 0.717) is 0 Å². The Bertz CT molecular complexity index is 749. The van der Waals surface area contributed by atoms with Crippen molar-refractivity contribution in [1.82, 2.24) is 9.88 Å². The highest BCUT2D eigenvalue weighted by Gasteiger charge is 2.44. The molecule has 0 bridgehead atoms. The number of thiazole rings is 1. The monoisotopic (exact) mass is 342 g/mol. The number of anilines is 2. The minimum absolute atomic E-state index is 0.107. The topological polar surface area (TPSA) is 57.3 Å². The molecular formula is C18H22N4OS. The molecule has 1 spiro atoms. The summed E-state index contributed by atoms with van der Waals surface area (Å²) in [5.41, 5.74) is 2.64. The van der Waals surface area contributed by atoms with E-state index in [2.05, 4.69) is 25.9 Å². The number of amides is 1. The Balaban J connectivity index is 1.38. The summed E-state index contributed by atoms with van der Waals surface area (Å²) in [5.74, 6) is 0.107. The number of aromatic nitrogens is 1.